The fourth-order valence-corrected chi connectivity index (χ4v) is 6.83. The van der Waals surface area contributed by atoms with E-state index in [1.165, 1.54) is 23.9 Å². The molecule has 1 saturated heterocycles. The van der Waals surface area contributed by atoms with Crippen molar-refractivity contribution < 1.29 is 13.2 Å². The summed E-state index contributed by atoms with van der Waals surface area (Å²) in [4.78, 5) is 12.1. The van der Waals surface area contributed by atoms with Crippen LogP contribution in [0.5, 0.6) is 0 Å². The number of nitrogens with zero attached hydrogens (tertiary/aromatic N) is 1. The second-order valence-corrected chi connectivity index (χ2v) is 9.82. The molecule has 1 amide bonds. The van der Waals surface area contributed by atoms with Gasteiger partial charge in [0.05, 0.1) is 15.9 Å². The maximum atomic E-state index is 13.0. The van der Waals surface area contributed by atoms with Crippen molar-refractivity contribution in [2.24, 2.45) is 5.92 Å². The summed E-state index contributed by atoms with van der Waals surface area (Å²) in [5, 5.41) is 2.88. The van der Waals surface area contributed by atoms with Crippen LogP contribution in [0.25, 0.3) is 0 Å². The first-order valence-corrected chi connectivity index (χ1v) is 10.9. The molecule has 1 aliphatic rings. The standard InChI is InChI=1S/C14H17Cl3N2O3S2/c1-8(2)5-18-14(20)12-6-23-7-19(12)24(21,22)13-10(16)3-9(15)4-11(13)17/h3-4,8,12H,5-7H2,1-2H3,(H,18,20). The lowest BCUT2D eigenvalue weighted by Crippen LogP contribution is -2.47. The van der Waals surface area contributed by atoms with Gasteiger partial charge in [-0.15, -0.1) is 11.8 Å². The number of thioether (sulfide) groups is 1. The number of amides is 1. The van der Waals surface area contributed by atoms with Gasteiger partial charge in [-0.3, -0.25) is 4.79 Å². The van der Waals surface area contributed by atoms with Crippen molar-refractivity contribution in [3.05, 3.63) is 27.2 Å². The van der Waals surface area contributed by atoms with Gasteiger partial charge >= 0.3 is 0 Å². The van der Waals surface area contributed by atoms with Gasteiger partial charge in [-0.25, -0.2) is 8.42 Å². The normalized spacial score (nSPS) is 19.0. The number of carbonyl (C=O) groups excluding carboxylic acids is 1. The molecule has 0 radical (unpaired) electrons. The Balaban J connectivity index is 2.33. The highest BCUT2D eigenvalue weighted by molar-refractivity contribution is 8.00. The van der Waals surface area contributed by atoms with Crippen LogP contribution in [-0.2, 0) is 14.8 Å². The summed E-state index contributed by atoms with van der Waals surface area (Å²) < 4.78 is 27.1. The zero-order chi connectivity index (χ0) is 18.1. The molecule has 1 aromatic rings. The zero-order valence-electron chi connectivity index (χ0n) is 13.1. The van der Waals surface area contributed by atoms with E-state index in [4.69, 9.17) is 34.8 Å². The number of rotatable bonds is 5. The van der Waals surface area contributed by atoms with E-state index < -0.39 is 16.1 Å². The third-order valence-electron chi connectivity index (χ3n) is 3.36. The van der Waals surface area contributed by atoms with Gasteiger partial charge in [0.25, 0.3) is 0 Å². The number of halogens is 3. The number of hydrogen-bond donors (Lipinski definition) is 1. The number of hydrogen-bond acceptors (Lipinski definition) is 4. The molecular formula is C14H17Cl3N2O3S2. The summed E-state index contributed by atoms with van der Waals surface area (Å²) in [7, 11) is -4.02. The van der Waals surface area contributed by atoms with Crippen LogP contribution in [0.4, 0.5) is 0 Å². The molecule has 1 atom stereocenters. The Hall–Kier alpha value is -0.180. The lowest BCUT2D eigenvalue weighted by molar-refractivity contribution is -0.123. The number of carbonyl (C=O) groups is 1. The van der Waals surface area contributed by atoms with Crippen LogP contribution in [0, 0.1) is 5.92 Å². The van der Waals surface area contributed by atoms with E-state index in [1.807, 2.05) is 13.8 Å². The van der Waals surface area contributed by atoms with Crippen molar-refractivity contribution in [1.29, 1.82) is 0 Å². The fourth-order valence-electron chi connectivity index (χ4n) is 2.19. The lowest BCUT2D eigenvalue weighted by Gasteiger charge is -2.24. The second kappa shape index (κ2) is 8.01. The molecule has 10 heteroatoms. The van der Waals surface area contributed by atoms with Crippen molar-refractivity contribution in [2.75, 3.05) is 18.2 Å². The van der Waals surface area contributed by atoms with Crippen LogP contribution in [0.3, 0.4) is 0 Å². The summed E-state index contributed by atoms with van der Waals surface area (Å²) in [5.74, 6) is 0.496. The molecule has 0 aliphatic carbocycles. The maximum absolute atomic E-state index is 13.0. The maximum Gasteiger partial charge on any atom is 0.247 e. The number of sulfonamides is 1. The average molecular weight is 432 g/mol. The molecule has 1 heterocycles. The molecule has 0 spiro atoms. The van der Waals surface area contributed by atoms with Gasteiger partial charge in [0.15, 0.2) is 0 Å². The van der Waals surface area contributed by atoms with Crippen molar-refractivity contribution in [3.8, 4) is 0 Å². The molecule has 0 bridgehead atoms. The van der Waals surface area contributed by atoms with Gasteiger partial charge in [0.2, 0.25) is 15.9 Å². The smallest absolute Gasteiger partial charge is 0.247 e. The summed E-state index contributed by atoms with van der Waals surface area (Å²) in [6.07, 6.45) is 0. The summed E-state index contributed by atoms with van der Waals surface area (Å²) in [6, 6.07) is 1.85. The fraction of sp³-hybridized carbons (Fsp3) is 0.500. The minimum absolute atomic E-state index is 0.0641. The molecule has 134 valence electrons. The highest BCUT2D eigenvalue weighted by Gasteiger charge is 2.41. The van der Waals surface area contributed by atoms with Crippen LogP contribution in [-0.4, -0.2) is 42.8 Å². The predicted molar refractivity (Wildman–Crippen MR) is 99.5 cm³/mol. The van der Waals surface area contributed by atoms with E-state index in [9.17, 15) is 13.2 Å². The van der Waals surface area contributed by atoms with Crippen molar-refractivity contribution >= 4 is 62.5 Å². The molecule has 0 saturated carbocycles. The zero-order valence-corrected chi connectivity index (χ0v) is 17.0. The molecule has 1 unspecified atom stereocenters. The highest BCUT2D eigenvalue weighted by Crippen LogP contribution is 2.37. The van der Waals surface area contributed by atoms with Crippen LogP contribution >= 0.6 is 46.6 Å². The first kappa shape index (κ1) is 20.1. The van der Waals surface area contributed by atoms with Crippen LogP contribution in [0.1, 0.15) is 13.8 Å². The van der Waals surface area contributed by atoms with Gasteiger partial charge in [0, 0.05) is 17.3 Å². The van der Waals surface area contributed by atoms with E-state index in [1.54, 1.807) is 0 Å². The first-order valence-electron chi connectivity index (χ1n) is 7.16. The Labute approximate surface area is 161 Å². The minimum Gasteiger partial charge on any atom is -0.354 e. The molecule has 1 aliphatic heterocycles. The third kappa shape index (κ3) is 4.31. The molecule has 5 nitrogen and oxygen atoms in total. The Bertz CT molecular complexity index is 718. The molecule has 2 rings (SSSR count). The van der Waals surface area contributed by atoms with Crippen LogP contribution in [0.15, 0.2) is 17.0 Å². The van der Waals surface area contributed by atoms with Crippen molar-refractivity contribution in [1.82, 2.24) is 9.62 Å². The molecule has 0 aromatic heterocycles. The Morgan fingerprint density at radius 3 is 2.46 bits per heavy atom. The monoisotopic (exact) mass is 430 g/mol. The van der Waals surface area contributed by atoms with Crippen LogP contribution < -0.4 is 5.32 Å². The van der Waals surface area contributed by atoms with E-state index in [2.05, 4.69) is 5.32 Å². The Morgan fingerprint density at radius 1 is 1.33 bits per heavy atom. The van der Waals surface area contributed by atoms with E-state index in [-0.39, 0.29) is 37.7 Å². The van der Waals surface area contributed by atoms with Gasteiger partial charge in [-0.05, 0) is 18.1 Å². The highest BCUT2D eigenvalue weighted by atomic mass is 35.5. The Morgan fingerprint density at radius 2 is 1.92 bits per heavy atom. The summed E-state index contributed by atoms with van der Waals surface area (Å²) in [6.45, 7) is 4.41. The topological polar surface area (TPSA) is 66.5 Å². The van der Waals surface area contributed by atoms with Gasteiger partial charge in [-0.2, -0.15) is 4.31 Å². The van der Waals surface area contributed by atoms with Gasteiger partial charge in [-0.1, -0.05) is 48.7 Å². The van der Waals surface area contributed by atoms with Crippen LogP contribution in [0.2, 0.25) is 15.1 Å². The molecule has 24 heavy (non-hydrogen) atoms. The molecular weight excluding hydrogens is 415 g/mol. The van der Waals surface area contributed by atoms with Gasteiger partial charge < -0.3 is 5.32 Å². The third-order valence-corrected chi connectivity index (χ3v) is 7.53. The minimum atomic E-state index is -4.02. The second-order valence-electron chi connectivity index (χ2n) is 5.75. The molecule has 1 aromatic carbocycles. The lowest BCUT2D eigenvalue weighted by atomic mass is 10.2. The first-order chi connectivity index (χ1) is 11.1. The number of benzene rings is 1. The van der Waals surface area contributed by atoms with E-state index >= 15 is 0 Å². The SMILES string of the molecule is CC(C)CNC(=O)C1CSCN1S(=O)(=O)c1c(Cl)cc(Cl)cc1Cl. The molecule has 1 fully saturated rings. The number of nitrogens with one attached hydrogen (secondary N) is 1. The quantitative estimate of drug-likeness (QED) is 0.775. The summed E-state index contributed by atoms with van der Waals surface area (Å²) >= 11 is 19.3. The van der Waals surface area contributed by atoms with E-state index in [0.29, 0.717) is 12.3 Å². The van der Waals surface area contributed by atoms with E-state index in [0.717, 1.165) is 4.31 Å². The largest absolute Gasteiger partial charge is 0.354 e. The summed E-state index contributed by atoms with van der Waals surface area (Å²) in [5.41, 5.74) is 0. The average Bonchev–Trinajstić information content (AvgIpc) is 2.93. The van der Waals surface area contributed by atoms with Gasteiger partial charge in [0.1, 0.15) is 10.9 Å². The Kier molecular flexibility index (Phi) is 6.72. The predicted octanol–water partition coefficient (Wildman–Crippen LogP) is 3.48. The van der Waals surface area contributed by atoms with Crippen molar-refractivity contribution in [3.63, 3.8) is 0 Å². The van der Waals surface area contributed by atoms with Crippen molar-refractivity contribution in [2.45, 2.75) is 24.8 Å². The molecule has 1 N–H and O–H groups in total.